The van der Waals surface area contributed by atoms with Crippen LogP contribution in [0.25, 0.3) is 0 Å². The first-order valence-electron chi connectivity index (χ1n) is 5.73. The van der Waals surface area contributed by atoms with Crippen molar-refractivity contribution in [1.29, 1.82) is 0 Å². The van der Waals surface area contributed by atoms with E-state index in [1.54, 1.807) is 48.5 Å². The summed E-state index contributed by atoms with van der Waals surface area (Å²) in [6.07, 6.45) is 0. The minimum atomic E-state index is -3.56. The number of hydrogen-bond acceptors (Lipinski definition) is 3. The molecular weight excluding hydrogens is 326 g/mol. The molecule has 5 heteroatoms. The normalized spacial score (nSPS) is 13.2. The molecule has 0 aliphatic carbocycles. The molecule has 0 aliphatic heterocycles. The van der Waals surface area contributed by atoms with Gasteiger partial charge in [-0.2, -0.15) is 0 Å². The summed E-state index contributed by atoms with van der Waals surface area (Å²) in [5.74, 6) is 0. The maximum atomic E-state index is 12.4. The third kappa shape index (κ3) is 3.05. The van der Waals surface area contributed by atoms with Gasteiger partial charge in [0.05, 0.1) is 4.90 Å². The van der Waals surface area contributed by atoms with Crippen LogP contribution in [0.2, 0.25) is 0 Å². The molecule has 2 rings (SSSR count). The molecule has 1 atom stereocenters. The smallest absolute Gasteiger partial charge is 0.198 e. The number of halogens is 1. The van der Waals surface area contributed by atoms with Gasteiger partial charge in [-0.25, -0.2) is 8.42 Å². The SMILES string of the molecule is Cc1ccc(S(=O)(=O)C(N)c2ccc(Br)cc2)cc1. The number of benzene rings is 2. The van der Waals surface area contributed by atoms with Gasteiger partial charge in [-0.1, -0.05) is 45.8 Å². The molecule has 0 amide bonds. The Bertz CT molecular complexity index is 664. The lowest BCUT2D eigenvalue weighted by atomic mass is 10.2. The first-order valence-corrected chi connectivity index (χ1v) is 8.07. The van der Waals surface area contributed by atoms with Gasteiger partial charge in [-0.3, -0.25) is 0 Å². The van der Waals surface area contributed by atoms with E-state index < -0.39 is 15.2 Å². The van der Waals surface area contributed by atoms with E-state index in [2.05, 4.69) is 15.9 Å². The van der Waals surface area contributed by atoms with Crippen LogP contribution in [0.5, 0.6) is 0 Å². The molecule has 0 saturated carbocycles. The summed E-state index contributed by atoms with van der Waals surface area (Å²) >= 11 is 3.31. The minimum absolute atomic E-state index is 0.244. The van der Waals surface area contributed by atoms with Gasteiger partial charge in [0, 0.05) is 4.47 Å². The zero-order chi connectivity index (χ0) is 14.0. The Morgan fingerprint density at radius 1 is 1.00 bits per heavy atom. The van der Waals surface area contributed by atoms with Crippen LogP contribution in [0.4, 0.5) is 0 Å². The van der Waals surface area contributed by atoms with Gasteiger partial charge in [-0.15, -0.1) is 0 Å². The second-order valence-corrected chi connectivity index (χ2v) is 7.32. The Balaban J connectivity index is 2.39. The van der Waals surface area contributed by atoms with Crippen LogP contribution in [-0.4, -0.2) is 8.42 Å². The molecule has 2 aromatic carbocycles. The average Bonchev–Trinajstić information content (AvgIpc) is 2.39. The van der Waals surface area contributed by atoms with Crippen LogP contribution < -0.4 is 5.73 Å². The maximum Gasteiger partial charge on any atom is 0.198 e. The van der Waals surface area contributed by atoms with E-state index in [0.717, 1.165) is 10.0 Å². The van der Waals surface area contributed by atoms with Crippen molar-refractivity contribution in [1.82, 2.24) is 0 Å². The molecule has 0 spiro atoms. The van der Waals surface area contributed by atoms with Gasteiger partial charge >= 0.3 is 0 Å². The highest BCUT2D eigenvalue weighted by Gasteiger charge is 2.25. The molecule has 0 saturated heterocycles. The van der Waals surface area contributed by atoms with Crippen molar-refractivity contribution in [3.63, 3.8) is 0 Å². The van der Waals surface area contributed by atoms with Gasteiger partial charge in [0.1, 0.15) is 5.37 Å². The molecule has 0 radical (unpaired) electrons. The number of hydrogen-bond donors (Lipinski definition) is 1. The molecule has 0 aromatic heterocycles. The Morgan fingerprint density at radius 2 is 1.53 bits per heavy atom. The number of sulfone groups is 1. The van der Waals surface area contributed by atoms with E-state index in [-0.39, 0.29) is 4.90 Å². The van der Waals surface area contributed by atoms with Crippen molar-refractivity contribution >= 4 is 25.8 Å². The van der Waals surface area contributed by atoms with Crippen molar-refractivity contribution < 1.29 is 8.42 Å². The Hall–Kier alpha value is -1.17. The third-order valence-corrected chi connectivity index (χ3v) is 5.28. The first kappa shape index (κ1) is 14.2. The standard InChI is InChI=1S/C14H14BrNO2S/c1-10-2-8-13(9-3-10)19(17,18)14(16)11-4-6-12(15)7-5-11/h2-9,14H,16H2,1H3. The highest BCUT2D eigenvalue weighted by atomic mass is 79.9. The monoisotopic (exact) mass is 339 g/mol. The zero-order valence-corrected chi connectivity index (χ0v) is 12.8. The van der Waals surface area contributed by atoms with Gasteiger partial charge < -0.3 is 5.73 Å². The van der Waals surface area contributed by atoms with E-state index in [1.165, 1.54) is 0 Å². The highest BCUT2D eigenvalue weighted by molar-refractivity contribution is 9.10. The zero-order valence-electron chi connectivity index (χ0n) is 10.4. The van der Waals surface area contributed by atoms with Gasteiger partial charge in [-0.05, 0) is 36.8 Å². The molecular formula is C14H14BrNO2S. The van der Waals surface area contributed by atoms with Crippen molar-refractivity contribution in [2.24, 2.45) is 5.73 Å². The molecule has 100 valence electrons. The second-order valence-electron chi connectivity index (χ2n) is 4.33. The van der Waals surface area contributed by atoms with Crippen molar-refractivity contribution in [3.8, 4) is 0 Å². The maximum absolute atomic E-state index is 12.4. The van der Waals surface area contributed by atoms with Crippen LogP contribution in [0, 0.1) is 6.92 Å². The predicted octanol–water partition coefficient (Wildman–Crippen LogP) is 3.19. The van der Waals surface area contributed by atoms with E-state index in [4.69, 9.17) is 5.73 Å². The van der Waals surface area contributed by atoms with Gasteiger partial charge in [0.25, 0.3) is 0 Å². The summed E-state index contributed by atoms with van der Waals surface area (Å²) in [6, 6.07) is 13.7. The molecule has 2 aromatic rings. The fraction of sp³-hybridized carbons (Fsp3) is 0.143. The number of aryl methyl sites for hydroxylation is 1. The van der Waals surface area contributed by atoms with Crippen molar-refractivity contribution in [2.75, 3.05) is 0 Å². The fourth-order valence-corrected chi connectivity index (χ4v) is 3.29. The Kier molecular flexibility index (Phi) is 4.08. The summed E-state index contributed by atoms with van der Waals surface area (Å²) in [6.45, 7) is 1.91. The topological polar surface area (TPSA) is 60.2 Å². The van der Waals surface area contributed by atoms with Crippen LogP contribution >= 0.6 is 15.9 Å². The van der Waals surface area contributed by atoms with Crippen LogP contribution in [-0.2, 0) is 9.84 Å². The molecule has 0 aliphatic rings. The average molecular weight is 340 g/mol. The lowest BCUT2D eigenvalue weighted by Crippen LogP contribution is -2.21. The van der Waals surface area contributed by atoms with Gasteiger partial charge in [0.15, 0.2) is 9.84 Å². The molecule has 1 unspecified atom stereocenters. The molecule has 2 N–H and O–H groups in total. The molecule has 0 fully saturated rings. The summed E-state index contributed by atoms with van der Waals surface area (Å²) < 4.78 is 25.7. The quantitative estimate of drug-likeness (QED) is 0.933. The van der Waals surface area contributed by atoms with Crippen molar-refractivity contribution in [3.05, 3.63) is 64.1 Å². The second kappa shape index (κ2) is 5.45. The molecule has 19 heavy (non-hydrogen) atoms. The Labute approximate surface area is 121 Å². The minimum Gasteiger partial charge on any atom is -0.311 e. The summed E-state index contributed by atoms with van der Waals surface area (Å²) in [4.78, 5) is 0.244. The third-order valence-electron chi connectivity index (χ3n) is 2.88. The predicted molar refractivity (Wildman–Crippen MR) is 79.4 cm³/mol. The van der Waals surface area contributed by atoms with Crippen LogP contribution in [0.3, 0.4) is 0 Å². The molecule has 3 nitrogen and oxygen atoms in total. The van der Waals surface area contributed by atoms with Crippen LogP contribution in [0.15, 0.2) is 57.9 Å². The fourth-order valence-electron chi connectivity index (χ4n) is 1.71. The van der Waals surface area contributed by atoms with E-state index >= 15 is 0 Å². The lowest BCUT2D eigenvalue weighted by molar-refractivity contribution is 0.583. The van der Waals surface area contributed by atoms with Crippen molar-refractivity contribution in [2.45, 2.75) is 17.2 Å². The first-order chi connectivity index (χ1) is 8.91. The highest BCUT2D eigenvalue weighted by Crippen LogP contribution is 2.25. The molecule has 0 heterocycles. The number of rotatable bonds is 3. The van der Waals surface area contributed by atoms with Gasteiger partial charge in [0.2, 0.25) is 0 Å². The van der Waals surface area contributed by atoms with E-state index in [0.29, 0.717) is 5.56 Å². The largest absolute Gasteiger partial charge is 0.311 e. The van der Waals surface area contributed by atoms with Crippen LogP contribution in [0.1, 0.15) is 16.5 Å². The summed E-state index contributed by atoms with van der Waals surface area (Å²) in [5, 5.41) is -1.05. The lowest BCUT2D eigenvalue weighted by Gasteiger charge is -2.13. The molecule has 0 bridgehead atoms. The van der Waals surface area contributed by atoms with E-state index in [9.17, 15) is 8.42 Å². The van der Waals surface area contributed by atoms with E-state index in [1.807, 2.05) is 6.92 Å². The summed E-state index contributed by atoms with van der Waals surface area (Å²) in [5.41, 5.74) is 7.47. The Morgan fingerprint density at radius 3 is 2.05 bits per heavy atom. The number of nitrogens with two attached hydrogens (primary N) is 1. The summed E-state index contributed by atoms with van der Waals surface area (Å²) in [7, 11) is -3.56.